The van der Waals surface area contributed by atoms with Crippen LogP contribution in [0, 0.1) is 5.41 Å². The van der Waals surface area contributed by atoms with Crippen molar-refractivity contribution in [2.45, 2.75) is 27.3 Å². The number of hydrogen-bond acceptors (Lipinski definition) is 2. The Bertz CT molecular complexity index is 492. The van der Waals surface area contributed by atoms with Crippen LogP contribution in [0.15, 0.2) is 36.7 Å². The van der Waals surface area contributed by atoms with Gasteiger partial charge in [0.05, 0.1) is 0 Å². The van der Waals surface area contributed by atoms with E-state index in [0.717, 1.165) is 13.1 Å². The lowest BCUT2D eigenvalue weighted by Gasteiger charge is -2.19. The van der Waals surface area contributed by atoms with Crippen molar-refractivity contribution in [3.8, 4) is 0 Å². The second-order valence-corrected chi connectivity index (χ2v) is 5.68. The number of fused-ring (bicyclic) bond motifs is 1. The van der Waals surface area contributed by atoms with Gasteiger partial charge in [-0.3, -0.25) is 4.98 Å². The molecule has 0 amide bonds. The number of rotatable bonds is 3. The molecule has 0 bridgehead atoms. The minimum Gasteiger partial charge on any atom is -0.312 e. The number of hydrogen-bond donors (Lipinski definition) is 1. The van der Waals surface area contributed by atoms with E-state index in [4.69, 9.17) is 0 Å². The summed E-state index contributed by atoms with van der Waals surface area (Å²) in [5.74, 6) is 0. The first kappa shape index (κ1) is 12.1. The van der Waals surface area contributed by atoms with Crippen molar-refractivity contribution in [1.82, 2.24) is 10.3 Å². The molecule has 90 valence electrons. The Labute approximate surface area is 103 Å². The van der Waals surface area contributed by atoms with Crippen LogP contribution in [-0.2, 0) is 6.54 Å². The molecular weight excluding hydrogens is 208 g/mol. The fourth-order valence-electron chi connectivity index (χ4n) is 1.89. The van der Waals surface area contributed by atoms with Crippen LogP contribution in [0.4, 0.5) is 0 Å². The van der Waals surface area contributed by atoms with Gasteiger partial charge in [-0.15, -0.1) is 0 Å². The summed E-state index contributed by atoms with van der Waals surface area (Å²) in [7, 11) is 0. The molecule has 0 aliphatic rings. The molecule has 2 heteroatoms. The molecule has 0 radical (unpaired) electrons. The third-order valence-corrected chi connectivity index (χ3v) is 2.72. The topological polar surface area (TPSA) is 24.9 Å². The number of pyridine rings is 1. The van der Waals surface area contributed by atoms with Crippen LogP contribution < -0.4 is 5.32 Å². The minimum absolute atomic E-state index is 0.317. The molecule has 0 aliphatic carbocycles. The van der Waals surface area contributed by atoms with Gasteiger partial charge in [0, 0.05) is 30.9 Å². The maximum absolute atomic E-state index is 4.29. The highest BCUT2D eigenvalue weighted by atomic mass is 14.9. The van der Waals surface area contributed by atoms with Crippen molar-refractivity contribution in [2.24, 2.45) is 5.41 Å². The smallest absolute Gasteiger partial charge is 0.0346 e. The Balaban J connectivity index is 2.13. The Morgan fingerprint density at radius 2 is 1.88 bits per heavy atom. The Morgan fingerprint density at radius 1 is 1.12 bits per heavy atom. The molecular formula is C15H20N2. The van der Waals surface area contributed by atoms with E-state index >= 15 is 0 Å². The van der Waals surface area contributed by atoms with Gasteiger partial charge in [0.2, 0.25) is 0 Å². The van der Waals surface area contributed by atoms with Gasteiger partial charge >= 0.3 is 0 Å². The van der Waals surface area contributed by atoms with Crippen molar-refractivity contribution < 1.29 is 0 Å². The zero-order chi connectivity index (χ0) is 12.3. The van der Waals surface area contributed by atoms with Crippen LogP contribution in [0.3, 0.4) is 0 Å². The summed E-state index contributed by atoms with van der Waals surface area (Å²) in [6, 6.07) is 8.40. The summed E-state index contributed by atoms with van der Waals surface area (Å²) in [5.41, 5.74) is 1.59. The summed E-state index contributed by atoms with van der Waals surface area (Å²) in [5, 5.41) is 6.00. The first-order chi connectivity index (χ1) is 8.06. The van der Waals surface area contributed by atoms with Gasteiger partial charge in [0.25, 0.3) is 0 Å². The van der Waals surface area contributed by atoms with Gasteiger partial charge in [-0.2, -0.15) is 0 Å². The van der Waals surface area contributed by atoms with E-state index in [1.54, 1.807) is 0 Å². The normalized spacial score (nSPS) is 11.9. The van der Waals surface area contributed by atoms with E-state index in [2.05, 4.69) is 55.3 Å². The predicted molar refractivity (Wildman–Crippen MR) is 72.9 cm³/mol. The second-order valence-electron chi connectivity index (χ2n) is 5.68. The molecule has 0 atom stereocenters. The highest BCUT2D eigenvalue weighted by Gasteiger charge is 2.09. The van der Waals surface area contributed by atoms with Crippen molar-refractivity contribution in [2.75, 3.05) is 6.54 Å². The molecule has 2 rings (SSSR count). The molecule has 1 N–H and O–H groups in total. The molecule has 0 aliphatic heterocycles. The van der Waals surface area contributed by atoms with Crippen molar-refractivity contribution >= 4 is 10.8 Å². The van der Waals surface area contributed by atoms with Crippen LogP contribution in [0.25, 0.3) is 10.8 Å². The molecule has 0 fully saturated rings. The average Bonchev–Trinajstić information content (AvgIpc) is 2.28. The zero-order valence-corrected chi connectivity index (χ0v) is 10.8. The number of nitrogens with one attached hydrogen (secondary N) is 1. The van der Waals surface area contributed by atoms with Crippen molar-refractivity contribution in [3.63, 3.8) is 0 Å². The predicted octanol–water partition coefficient (Wildman–Crippen LogP) is 3.37. The molecule has 0 unspecified atom stereocenters. The SMILES string of the molecule is CC(C)(C)CNCc1cncc2ccccc12. The molecule has 1 heterocycles. The molecule has 17 heavy (non-hydrogen) atoms. The van der Waals surface area contributed by atoms with E-state index in [0.29, 0.717) is 5.41 Å². The standard InChI is InChI=1S/C15H20N2/c1-15(2,3)11-17-10-13-9-16-8-12-6-4-5-7-14(12)13/h4-9,17H,10-11H2,1-3H3. The van der Waals surface area contributed by atoms with Crippen molar-refractivity contribution in [3.05, 3.63) is 42.2 Å². The van der Waals surface area contributed by atoms with Crippen LogP contribution in [0.1, 0.15) is 26.3 Å². The van der Waals surface area contributed by atoms with Gasteiger partial charge in [0.1, 0.15) is 0 Å². The summed E-state index contributed by atoms with van der Waals surface area (Å²) < 4.78 is 0. The number of aromatic nitrogens is 1. The first-order valence-corrected chi connectivity index (χ1v) is 6.09. The molecule has 0 saturated heterocycles. The molecule has 2 aromatic rings. The maximum Gasteiger partial charge on any atom is 0.0346 e. The maximum atomic E-state index is 4.29. The summed E-state index contributed by atoms with van der Waals surface area (Å²) in [6.07, 6.45) is 3.88. The Kier molecular flexibility index (Phi) is 3.43. The fraction of sp³-hybridized carbons (Fsp3) is 0.400. The van der Waals surface area contributed by atoms with Gasteiger partial charge in [-0.05, 0) is 16.4 Å². The molecule has 2 nitrogen and oxygen atoms in total. The zero-order valence-electron chi connectivity index (χ0n) is 10.8. The van der Waals surface area contributed by atoms with E-state index < -0.39 is 0 Å². The largest absolute Gasteiger partial charge is 0.312 e. The van der Waals surface area contributed by atoms with Gasteiger partial charge in [-0.1, -0.05) is 45.0 Å². The third kappa shape index (κ3) is 3.27. The lowest BCUT2D eigenvalue weighted by atomic mass is 9.97. The lowest BCUT2D eigenvalue weighted by Crippen LogP contribution is -2.26. The minimum atomic E-state index is 0.317. The van der Waals surface area contributed by atoms with Crippen molar-refractivity contribution in [1.29, 1.82) is 0 Å². The van der Waals surface area contributed by atoms with Gasteiger partial charge in [-0.25, -0.2) is 0 Å². The Morgan fingerprint density at radius 3 is 2.65 bits per heavy atom. The average molecular weight is 228 g/mol. The quantitative estimate of drug-likeness (QED) is 0.871. The van der Waals surface area contributed by atoms with Gasteiger partial charge < -0.3 is 5.32 Å². The summed E-state index contributed by atoms with van der Waals surface area (Å²) in [4.78, 5) is 4.29. The number of nitrogens with zero attached hydrogens (tertiary/aromatic N) is 1. The highest BCUT2D eigenvalue weighted by Crippen LogP contribution is 2.17. The molecule has 1 aromatic carbocycles. The van der Waals surface area contributed by atoms with E-state index in [1.165, 1.54) is 16.3 Å². The van der Waals surface area contributed by atoms with E-state index in [-0.39, 0.29) is 0 Å². The fourth-order valence-corrected chi connectivity index (χ4v) is 1.89. The monoisotopic (exact) mass is 228 g/mol. The summed E-state index contributed by atoms with van der Waals surface area (Å²) >= 11 is 0. The van der Waals surface area contributed by atoms with Gasteiger partial charge in [0.15, 0.2) is 0 Å². The van der Waals surface area contributed by atoms with Crippen LogP contribution in [-0.4, -0.2) is 11.5 Å². The van der Waals surface area contributed by atoms with Crippen LogP contribution in [0.2, 0.25) is 0 Å². The first-order valence-electron chi connectivity index (χ1n) is 6.09. The Hall–Kier alpha value is -1.41. The summed E-state index contributed by atoms with van der Waals surface area (Å²) in [6.45, 7) is 8.60. The third-order valence-electron chi connectivity index (χ3n) is 2.72. The van der Waals surface area contributed by atoms with E-state index in [1.807, 2.05) is 12.4 Å². The lowest BCUT2D eigenvalue weighted by molar-refractivity contribution is 0.379. The second kappa shape index (κ2) is 4.84. The number of benzene rings is 1. The molecule has 1 aromatic heterocycles. The highest BCUT2D eigenvalue weighted by molar-refractivity contribution is 5.84. The molecule has 0 spiro atoms. The van der Waals surface area contributed by atoms with Crippen LogP contribution in [0.5, 0.6) is 0 Å². The molecule has 0 saturated carbocycles. The van der Waals surface area contributed by atoms with Crippen LogP contribution >= 0.6 is 0 Å². The van der Waals surface area contributed by atoms with E-state index in [9.17, 15) is 0 Å².